The van der Waals surface area contributed by atoms with Gasteiger partial charge >= 0.3 is 0 Å². The van der Waals surface area contributed by atoms with E-state index in [0.29, 0.717) is 5.92 Å². The molecule has 0 fully saturated rings. The van der Waals surface area contributed by atoms with Crippen LogP contribution in [0.1, 0.15) is 11.1 Å². The Morgan fingerprint density at radius 3 is 2.35 bits per heavy atom. The summed E-state index contributed by atoms with van der Waals surface area (Å²) in [6.07, 6.45) is 5.62. The highest BCUT2D eigenvalue weighted by molar-refractivity contribution is 9.09. The van der Waals surface area contributed by atoms with Crippen molar-refractivity contribution in [2.45, 2.75) is 12.8 Å². The molecule has 3 heteroatoms. The summed E-state index contributed by atoms with van der Waals surface area (Å²) in [5.41, 5.74) is 2.57. The first-order valence-corrected chi connectivity index (χ1v) is 7.09. The fourth-order valence-electron chi connectivity index (χ4n) is 1.88. The number of benzene rings is 1. The lowest BCUT2D eigenvalue weighted by molar-refractivity contribution is 0.550. The largest absolute Gasteiger partial charge is 0.472 e. The highest BCUT2D eigenvalue weighted by Gasteiger charge is 2.10. The van der Waals surface area contributed by atoms with Crippen LogP contribution in [0.25, 0.3) is 0 Å². The maximum atomic E-state index is 5.88. The first-order chi connectivity index (χ1) is 8.28. The van der Waals surface area contributed by atoms with Crippen LogP contribution in [-0.2, 0) is 12.8 Å². The molecule has 1 aromatic carbocycles. The summed E-state index contributed by atoms with van der Waals surface area (Å²) in [6.45, 7) is 0. The lowest BCUT2D eigenvalue weighted by Crippen LogP contribution is -2.09. The Morgan fingerprint density at radius 2 is 1.76 bits per heavy atom. The van der Waals surface area contributed by atoms with E-state index in [9.17, 15) is 0 Å². The van der Waals surface area contributed by atoms with Gasteiger partial charge in [-0.25, -0.2) is 0 Å². The third-order valence-corrected chi connectivity index (χ3v) is 3.93. The predicted molar refractivity (Wildman–Crippen MR) is 74.9 cm³/mol. The number of hydrogen-bond donors (Lipinski definition) is 0. The highest BCUT2D eigenvalue weighted by Crippen LogP contribution is 2.18. The molecule has 0 saturated heterocycles. The second-order valence-corrected chi connectivity index (χ2v) is 5.27. The van der Waals surface area contributed by atoms with Crippen LogP contribution in [0.2, 0.25) is 5.02 Å². The minimum atomic E-state index is 0.578. The van der Waals surface area contributed by atoms with Crippen LogP contribution in [0, 0.1) is 5.92 Å². The fourth-order valence-corrected chi connectivity index (χ4v) is 2.46. The molecule has 0 saturated carbocycles. The molecule has 2 aromatic rings. The fraction of sp³-hybridized carbons (Fsp3) is 0.286. The minimum Gasteiger partial charge on any atom is -0.472 e. The van der Waals surface area contributed by atoms with E-state index in [4.69, 9.17) is 16.0 Å². The molecule has 90 valence electrons. The summed E-state index contributed by atoms with van der Waals surface area (Å²) in [5, 5.41) is 1.78. The average Bonchev–Trinajstić information content (AvgIpc) is 2.84. The molecule has 0 aliphatic rings. The van der Waals surface area contributed by atoms with Gasteiger partial charge in [0.05, 0.1) is 12.5 Å². The van der Waals surface area contributed by atoms with E-state index in [1.54, 1.807) is 6.26 Å². The van der Waals surface area contributed by atoms with E-state index in [0.717, 1.165) is 23.2 Å². The Bertz CT molecular complexity index is 436. The third-order valence-electron chi connectivity index (χ3n) is 2.76. The molecule has 1 unspecified atom stereocenters. The van der Waals surface area contributed by atoms with Gasteiger partial charge in [-0.1, -0.05) is 39.7 Å². The lowest BCUT2D eigenvalue weighted by atomic mass is 9.95. The van der Waals surface area contributed by atoms with E-state index in [2.05, 4.69) is 28.1 Å². The molecule has 2 rings (SSSR count). The highest BCUT2D eigenvalue weighted by atomic mass is 79.9. The molecule has 1 nitrogen and oxygen atoms in total. The van der Waals surface area contributed by atoms with Crippen LogP contribution in [0.15, 0.2) is 47.3 Å². The maximum Gasteiger partial charge on any atom is 0.0934 e. The standard InChI is InChI=1S/C14H14BrClO/c15-9-13(8-12-5-6-17-10-12)7-11-1-3-14(16)4-2-11/h1-6,10,13H,7-9H2. The Balaban J connectivity index is 1.97. The lowest BCUT2D eigenvalue weighted by Gasteiger charge is -2.13. The van der Waals surface area contributed by atoms with Gasteiger partial charge in [-0.3, -0.25) is 0 Å². The van der Waals surface area contributed by atoms with Crippen molar-refractivity contribution in [2.75, 3.05) is 5.33 Å². The van der Waals surface area contributed by atoms with Crippen molar-refractivity contribution in [2.24, 2.45) is 5.92 Å². The second-order valence-electron chi connectivity index (χ2n) is 4.19. The van der Waals surface area contributed by atoms with Crippen molar-refractivity contribution in [1.82, 2.24) is 0 Å². The summed E-state index contributed by atoms with van der Waals surface area (Å²) in [4.78, 5) is 0. The van der Waals surface area contributed by atoms with Gasteiger partial charge in [-0.2, -0.15) is 0 Å². The van der Waals surface area contributed by atoms with Crippen LogP contribution in [0.3, 0.4) is 0 Å². The quantitative estimate of drug-likeness (QED) is 0.727. The molecule has 0 aliphatic carbocycles. The average molecular weight is 314 g/mol. The Hall–Kier alpha value is -0.730. The van der Waals surface area contributed by atoms with E-state index in [1.807, 2.05) is 24.5 Å². The molecule has 0 N–H and O–H groups in total. The van der Waals surface area contributed by atoms with Crippen LogP contribution in [0.4, 0.5) is 0 Å². The number of alkyl halides is 1. The Kier molecular flexibility index (Phi) is 4.69. The summed E-state index contributed by atoms with van der Waals surface area (Å²) in [5.74, 6) is 0.578. The van der Waals surface area contributed by atoms with Gasteiger partial charge in [-0.15, -0.1) is 0 Å². The SMILES string of the molecule is Clc1ccc(CC(CBr)Cc2ccoc2)cc1. The van der Waals surface area contributed by atoms with Crippen molar-refractivity contribution in [1.29, 1.82) is 0 Å². The van der Waals surface area contributed by atoms with E-state index in [-0.39, 0.29) is 0 Å². The van der Waals surface area contributed by atoms with E-state index < -0.39 is 0 Å². The molecular weight excluding hydrogens is 300 g/mol. The van der Waals surface area contributed by atoms with E-state index in [1.165, 1.54) is 11.1 Å². The van der Waals surface area contributed by atoms with E-state index >= 15 is 0 Å². The topological polar surface area (TPSA) is 13.1 Å². The molecule has 0 bridgehead atoms. The first-order valence-electron chi connectivity index (χ1n) is 5.59. The van der Waals surface area contributed by atoms with Crippen molar-refractivity contribution < 1.29 is 4.42 Å². The first kappa shape index (κ1) is 12.7. The molecular formula is C14H14BrClO. The molecule has 17 heavy (non-hydrogen) atoms. The van der Waals surface area contributed by atoms with Gasteiger partial charge in [0.2, 0.25) is 0 Å². The monoisotopic (exact) mass is 312 g/mol. The van der Waals surface area contributed by atoms with Crippen molar-refractivity contribution in [3.8, 4) is 0 Å². The summed E-state index contributed by atoms with van der Waals surface area (Å²) < 4.78 is 5.09. The van der Waals surface area contributed by atoms with Crippen molar-refractivity contribution in [3.05, 3.63) is 59.0 Å². The zero-order chi connectivity index (χ0) is 12.1. The minimum absolute atomic E-state index is 0.578. The number of furan rings is 1. The molecule has 1 heterocycles. The van der Waals surface area contributed by atoms with Crippen molar-refractivity contribution >= 4 is 27.5 Å². The molecule has 0 amide bonds. The van der Waals surface area contributed by atoms with Gasteiger partial charge in [-0.05, 0) is 48.1 Å². The molecule has 1 aromatic heterocycles. The molecule has 0 aliphatic heterocycles. The summed E-state index contributed by atoms with van der Waals surface area (Å²) in [6, 6.07) is 10.1. The summed E-state index contributed by atoms with van der Waals surface area (Å²) >= 11 is 9.45. The number of rotatable bonds is 5. The third kappa shape index (κ3) is 3.90. The van der Waals surface area contributed by atoms with Crippen LogP contribution in [-0.4, -0.2) is 5.33 Å². The van der Waals surface area contributed by atoms with Crippen LogP contribution in [0.5, 0.6) is 0 Å². The zero-order valence-corrected chi connectivity index (χ0v) is 11.7. The number of halogens is 2. The Labute approximate surface area is 115 Å². The van der Waals surface area contributed by atoms with Gasteiger partial charge in [0.25, 0.3) is 0 Å². The normalized spacial score (nSPS) is 12.6. The van der Waals surface area contributed by atoms with Gasteiger partial charge in [0, 0.05) is 10.4 Å². The molecule has 0 radical (unpaired) electrons. The Morgan fingerprint density at radius 1 is 1.06 bits per heavy atom. The van der Waals surface area contributed by atoms with Gasteiger partial charge < -0.3 is 4.42 Å². The molecule has 0 spiro atoms. The smallest absolute Gasteiger partial charge is 0.0934 e. The predicted octanol–water partition coefficient (Wildman–Crippen LogP) is 4.73. The van der Waals surface area contributed by atoms with Crippen LogP contribution < -0.4 is 0 Å². The van der Waals surface area contributed by atoms with Gasteiger partial charge in [0.15, 0.2) is 0 Å². The second kappa shape index (κ2) is 6.27. The molecule has 1 atom stereocenters. The van der Waals surface area contributed by atoms with Crippen LogP contribution >= 0.6 is 27.5 Å². The maximum absolute atomic E-state index is 5.88. The van der Waals surface area contributed by atoms with Gasteiger partial charge in [0.1, 0.15) is 0 Å². The van der Waals surface area contributed by atoms with Crippen molar-refractivity contribution in [3.63, 3.8) is 0 Å². The zero-order valence-electron chi connectivity index (χ0n) is 9.40. The summed E-state index contributed by atoms with van der Waals surface area (Å²) in [7, 11) is 0. The number of hydrogen-bond acceptors (Lipinski definition) is 1.